The van der Waals surface area contributed by atoms with Gasteiger partial charge in [-0.2, -0.15) is 0 Å². The zero-order valence-electron chi connectivity index (χ0n) is 18.6. The van der Waals surface area contributed by atoms with Crippen LogP contribution in [-0.4, -0.2) is 62.8 Å². The van der Waals surface area contributed by atoms with Crippen molar-refractivity contribution >= 4 is 17.3 Å². The van der Waals surface area contributed by atoms with Gasteiger partial charge in [0.05, 0.1) is 11.7 Å². The van der Waals surface area contributed by atoms with E-state index in [1.807, 2.05) is 24.3 Å². The van der Waals surface area contributed by atoms with Gasteiger partial charge in [-0.25, -0.2) is 0 Å². The normalized spacial score (nSPS) is 19.4. The minimum absolute atomic E-state index is 0.116. The van der Waals surface area contributed by atoms with E-state index in [0.717, 1.165) is 57.9 Å². The van der Waals surface area contributed by atoms with Crippen LogP contribution in [0.25, 0.3) is 0 Å². The van der Waals surface area contributed by atoms with Crippen molar-refractivity contribution in [2.45, 2.75) is 32.8 Å². The molecule has 2 fully saturated rings. The fourth-order valence-electron chi connectivity index (χ4n) is 4.33. The van der Waals surface area contributed by atoms with Crippen LogP contribution in [0.1, 0.15) is 35.7 Å². The summed E-state index contributed by atoms with van der Waals surface area (Å²) in [4.78, 5) is 17.9. The molecular weight excluding hydrogens is 390 g/mol. The number of hydrogen-bond donors (Lipinski definition) is 1. The van der Waals surface area contributed by atoms with Crippen molar-refractivity contribution in [3.8, 4) is 5.75 Å². The Balaban J connectivity index is 1.40. The lowest BCUT2D eigenvalue weighted by atomic mass is 10.1. The number of benzene rings is 2. The molecule has 2 aliphatic rings. The van der Waals surface area contributed by atoms with Crippen LogP contribution in [-0.2, 0) is 4.74 Å². The van der Waals surface area contributed by atoms with Crippen molar-refractivity contribution in [1.29, 1.82) is 0 Å². The summed E-state index contributed by atoms with van der Waals surface area (Å²) in [5, 5.41) is 3.04. The SMILES string of the molecule is CCN1CCN(c2ccc(NC(=O)c3ccccc3OCC3CCCO3)cc2C)CC1. The molecule has 166 valence electrons. The molecule has 0 aliphatic carbocycles. The van der Waals surface area contributed by atoms with Crippen molar-refractivity contribution in [1.82, 2.24) is 4.90 Å². The Bertz CT molecular complexity index is 887. The number of nitrogens with zero attached hydrogens (tertiary/aromatic N) is 2. The van der Waals surface area contributed by atoms with Gasteiger partial charge in [0.1, 0.15) is 12.4 Å². The molecule has 1 unspecified atom stereocenters. The number of carbonyl (C=O) groups excluding carboxylic acids is 1. The van der Waals surface area contributed by atoms with Crippen LogP contribution < -0.4 is 15.0 Å². The molecule has 31 heavy (non-hydrogen) atoms. The lowest BCUT2D eigenvalue weighted by molar-refractivity contribution is 0.0673. The molecule has 2 saturated heterocycles. The van der Waals surface area contributed by atoms with Crippen molar-refractivity contribution < 1.29 is 14.3 Å². The van der Waals surface area contributed by atoms with Crippen LogP contribution in [0.4, 0.5) is 11.4 Å². The molecule has 0 spiro atoms. The average Bonchev–Trinajstić information content (AvgIpc) is 3.32. The van der Waals surface area contributed by atoms with Gasteiger partial charge in [0.15, 0.2) is 0 Å². The molecule has 0 bridgehead atoms. The molecule has 2 aliphatic heterocycles. The highest BCUT2D eigenvalue weighted by atomic mass is 16.5. The molecule has 1 amide bonds. The van der Waals surface area contributed by atoms with E-state index >= 15 is 0 Å². The number of carbonyl (C=O) groups is 1. The molecule has 6 nitrogen and oxygen atoms in total. The predicted octanol–water partition coefficient (Wildman–Crippen LogP) is 3.95. The lowest BCUT2D eigenvalue weighted by Crippen LogP contribution is -2.46. The van der Waals surface area contributed by atoms with Gasteiger partial charge in [0.25, 0.3) is 5.91 Å². The maximum Gasteiger partial charge on any atom is 0.259 e. The van der Waals surface area contributed by atoms with Gasteiger partial charge in [0, 0.05) is 44.2 Å². The molecule has 0 saturated carbocycles. The minimum Gasteiger partial charge on any atom is -0.490 e. The number of aryl methyl sites for hydroxylation is 1. The first-order valence-corrected chi connectivity index (χ1v) is 11.4. The van der Waals surface area contributed by atoms with Crippen molar-refractivity contribution in [2.75, 3.05) is 56.2 Å². The van der Waals surface area contributed by atoms with Gasteiger partial charge in [-0.05, 0) is 62.2 Å². The van der Waals surface area contributed by atoms with Gasteiger partial charge >= 0.3 is 0 Å². The van der Waals surface area contributed by atoms with Gasteiger partial charge in [-0.1, -0.05) is 19.1 Å². The number of rotatable bonds is 7. The number of para-hydroxylation sites is 1. The molecule has 2 heterocycles. The van der Waals surface area contributed by atoms with Gasteiger partial charge < -0.3 is 24.6 Å². The number of hydrogen-bond acceptors (Lipinski definition) is 5. The molecule has 1 atom stereocenters. The Morgan fingerprint density at radius 3 is 2.68 bits per heavy atom. The van der Waals surface area contributed by atoms with E-state index in [2.05, 4.69) is 41.1 Å². The number of amides is 1. The third-order valence-electron chi connectivity index (χ3n) is 6.20. The summed E-state index contributed by atoms with van der Waals surface area (Å²) < 4.78 is 11.5. The Hall–Kier alpha value is -2.57. The summed E-state index contributed by atoms with van der Waals surface area (Å²) in [7, 11) is 0. The Morgan fingerprint density at radius 2 is 1.97 bits per heavy atom. The van der Waals surface area contributed by atoms with E-state index in [1.165, 1.54) is 11.3 Å². The molecular formula is C25H33N3O3. The van der Waals surface area contributed by atoms with Crippen LogP contribution in [0.3, 0.4) is 0 Å². The van der Waals surface area contributed by atoms with Crippen LogP contribution >= 0.6 is 0 Å². The van der Waals surface area contributed by atoms with E-state index in [4.69, 9.17) is 9.47 Å². The van der Waals surface area contributed by atoms with Crippen molar-refractivity contribution in [3.63, 3.8) is 0 Å². The molecule has 0 radical (unpaired) electrons. The monoisotopic (exact) mass is 423 g/mol. The fourth-order valence-corrected chi connectivity index (χ4v) is 4.33. The number of anilines is 2. The third-order valence-corrected chi connectivity index (χ3v) is 6.20. The quantitative estimate of drug-likeness (QED) is 0.731. The standard InChI is InChI=1S/C25H33N3O3/c1-3-27-12-14-28(15-13-27)23-11-10-20(17-19(23)2)26-25(29)22-8-4-5-9-24(22)31-18-21-7-6-16-30-21/h4-5,8-11,17,21H,3,6-7,12-16,18H2,1-2H3,(H,26,29). The Labute approximate surface area is 185 Å². The third kappa shape index (κ3) is 5.38. The Kier molecular flexibility index (Phi) is 7.10. The number of nitrogens with one attached hydrogen (secondary N) is 1. The topological polar surface area (TPSA) is 54.0 Å². The van der Waals surface area contributed by atoms with Gasteiger partial charge in [-0.3, -0.25) is 4.79 Å². The van der Waals surface area contributed by atoms with E-state index in [0.29, 0.717) is 17.9 Å². The first-order valence-electron chi connectivity index (χ1n) is 11.4. The largest absolute Gasteiger partial charge is 0.490 e. The molecule has 2 aromatic carbocycles. The lowest BCUT2D eigenvalue weighted by Gasteiger charge is -2.36. The van der Waals surface area contributed by atoms with Gasteiger partial charge in [0.2, 0.25) is 0 Å². The number of likely N-dealkylation sites (N-methyl/N-ethyl adjacent to an activating group) is 1. The minimum atomic E-state index is -0.161. The van der Waals surface area contributed by atoms with Crippen molar-refractivity contribution in [2.24, 2.45) is 0 Å². The summed E-state index contributed by atoms with van der Waals surface area (Å²) in [6, 6.07) is 13.5. The number of ether oxygens (including phenoxy) is 2. The highest BCUT2D eigenvalue weighted by Crippen LogP contribution is 2.26. The molecule has 1 N–H and O–H groups in total. The summed E-state index contributed by atoms with van der Waals surface area (Å²) in [6.45, 7) is 11.0. The highest BCUT2D eigenvalue weighted by Gasteiger charge is 2.20. The zero-order chi connectivity index (χ0) is 21.6. The first-order chi connectivity index (χ1) is 15.1. The second-order valence-electron chi connectivity index (χ2n) is 8.32. The maximum atomic E-state index is 13.0. The van der Waals surface area contributed by atoms with E-state index < -0.39 is 0 Å². The Morgan fingerprint density at radius 1 is 1.16 bits per heavy atom. The maximum absolute atomic E-state index is 13.0. The number of piperazine rings is 1. The van der Waals surface area contributed by atoms with Crippen molar-refractivity contribution in [3.05, 3.63) is 53.6 Å². The second kappa shape index (κ2) is 10.2. The summed E-state index contributed by atoms with van der Waals surface area (Å²) >= 11 is 0. The van der Waals surface area contributed by atoms with E-state index in [-0.39, 0.29) is 12.0 Å². The van der Waals surface area contributed by atoms with E-state index in [1.54, 1.807) is 6.07 Å². The van der Waals surface area contributed by atoms with Crippen LogP contribution in [0.5, 0.6) is 5.75 Å². The molecule has 0 aromatic heterocycles. The zero-order valence-corrected chi connectivity index (χ0v) is 18.6. The highest BCUT2D eigenvalue weighted by molar-refractivity contribution is 6.06. The predicted molar refractivity (Wildman–Crippen MR) is 124 cm³/mol. The van der Waals surface area contributed by atoms with Crippen LogP contribution in [0.2, 0.25) is 0 Å². The summed E-state index contributed by atoms with van der Waals surface area (Å²) in [5.41, 5.74) is 3.75. The van der Waals surface area contributed by atoms with E-state index in [9.17, 15) is 4.79 Å². The molecule has 4 rings (SSSR count). The summed E-state index contributed by atoms with van der Waals surface area (Å²) in [6.07, 6.45) is 2.19. The second-order valence-corrected chi connectivity index (χ2v) is 8.32. The smallest absolute Gasteiger partial charge is 0.259 e. The molecule has 2 aromatic rings. The van der Waals surface area contributed by atoms with Crippen LogP contribution in [0.15, 0.2) is 42.5 Å². The average molecular weight is 424 g/mol. The first kappa shape index (κ1) is 21.7. The fraction of sp³-hybridized carbons (Fsp3) is 0.480. The van der Waals surface area contributed by atoms with Gasteiger partial charge in [-0.15, -0.1) is 0 Å². The van der Waals surface area contributed by atoms with Crippen LogP contribution in [0, 0.1) is 6.92 Å². The summed E-state index contributed by atoms with van der Waals surface area (Å²) in [5.74, 6) is 0.435. The molecule has 6 heteroatoms.